The molecule has 1 unspecified atom stereocenters. The van der Waals surface area contributed by atoms with Crippen molar-refractivity contribution >= 4 is 27.6 Å². The number of aliphatic carboxylic acids is 1. The van der Waals surface area contributed by atoms with E-state index in [9.17, 15) is 26.4 Å². The molecular weight excluding hydrogens is 359 g/mol. The molecule has 2 rings (SSSR count). The highest BCUT2D eigenvalue weighted by molar-refractivity contribution is 7.89. The molecule has 0 aliphatic carbocycles. The molecule has 1 aliphatic heterocycles. The fourth-order valence-electron chi connectivity index (χ4n) is 2.50. The molecule has 0 aromatic heterocycles. The number of nitrogens with zero attached hydrogens (tertiary/aromatic N) is 1. The van der Waals surface area contributed by atoms with Gasteiger partial charge in [0, 0.05) is 18.1 Å². The lowest BCUT2D eigenvalue weighted by Gasteiger charge is -2.27. The Morgan fingerprint density at radius 3 is 2.48 bits per heavy atom. The Morgan fingerprint density at radius 2 is 2.00 bits per heavy atom. The predicted molar refractivity (Wildman–Crippen MR) is 75.7 cm³/mol. The summed E-state index contributed by atoms with van der Waals surface area (Å²) in [6.07, 6.45) is -5.88. The maximum Gasteiger partial charge on any atom is 0.406 e. The lowest BCUT2D eigenvalue weighted by Crippen LogP contribution is -2.47. The number of halogens is 4. The molecule has 10 heteroatoms. The monoisotopic (exact) mass is 371 g/mol. The third kappa shape index (κ3) is 2.92. The van der Waals surface area contributed by atoms with Crippen LogP contribution in [-0.4, -0.2) is 43.1 Å². The molecule has 23 heavy (non-hydrogen) atoms. The van der Waals surface area contributed by atoms with Gasteiger partial charge >= 0.3 is 12.1 Å². The van der Waals surface area contributed by atoms with Gasteiger partial charge < -0.3 is 5.11 Å². The Hall–Kier alpha value is -1.32. The van der Waals surface area contributed by atoms with Gasteiger partial charge in [0.15, 0.2) is 5.41 Å². The molecule has 1 atom stereocenters. The van der Waals surface area contributed by atoms with Crippen LogP contribution in [0.5, 0.6) is 0 Å². The van der Waals surface area contributed by atoms with E-state index in [-0.39, 0.29) is 9.92 Å². The predicted octanol–water partition coefficient (Wildman–Crippen LogP) is 2.68. The minimum Gasteiger partial charge on any atom is -0.481 e. The summed E-state index contributed by atoms with van der Waals surface area (Å²) in [7, 11) is -4.27. The van der Waals surface area contributed by atoms with Crippen molar-refractivity contribution in [3.8, 4) is 0 Å². The van der Waals surface area contributed by atoms with Crippen LogP contribution >= 0.6 is 11.6 Å². The summed E-state index contributed by atoms with van der Waals surface area (Å²) in [5.41, 5.74) is -2.78. The summed E-state index contributed by atoms with van der Waals surface area (Å²) in [6, 6.07) is 4.03. The van der Waals surface area contributed by atoms with E-state index in [4.69, 9.17) is 16.7 Å². The van der Waals surface area contributed by atoms with Crippen LogP contribution < -0.4 is 0 Å². The summed E-state index contributed by atoms with van der Waals surface area (Å²) in [4.78, 5) is 10.9. The number of carbonyl (C=O) groups is 1. The van der Waals surface area contributed by atoms with E-state index in [1.165, 1.54) is 19.1 Å². The number of hydrogen-bond donors (Lipinski definition) is 1. The largest absolute Gasteiger partial charge is 0.481 e. The second-order valence-corrected chi connectivity index (χ2v) is 7.73. The van der Waals surface area contributed by atoms with Gasteiger partial charge in [-0.2, -0.15) is 17.5 Å². The SMILES string of the molecule is Cc1ccc(Cl)cc1S(=O)(=O)N1CCC(C(=O)O)(C(F)(F)F)C1. The van der Waals surface area contributed by atoms with E-state index >= 15 is 0 Å². The van der Waals surface area contributed by atoms with Crippen molar-refractivity contribution in [3.05, 3.63) is 28.8 Å². The van der Waals surface area contributed by atoms with E-state index in [1.807, 2.05) is 0 Å². The van der Waals surface area contributed by atoms with E-state index in [1.54, 1.807) is 0 Å². The Balaban J connectivity index is 2.45. The van der Waals surface area contributed by atoms with Crippen LogP contribution in [0.3, 0.4) is 0 Å². The minimum absolute atomic E-state index is 0.119. The molecule has 128 valence electrons. The highest BCUT2D eigenvalue weighted by atomic mass is 35.5. The molecule has 0 saturated carbocycles. The normalized spacial score (nSPS) is 23.2. The molecule has 0 amide bonds. The van der Waals surface area contributed by atoms with Crippen LogP contribution in [0.4, 0.5) is 13.2 Å². The van der Waals surface area contributed by atoms with Crippen LogP contribution in [0.15, 0.2) is 23.1 Å². The standard InChI is InChI=1S/C13H13ClF3NO4S/c1-8-2-3-9(14)6-10(8)23(21,22)18-5-4-12(7-18,11(19)20)13(15,16)17/h2-3,6H,4-5,7H2,1H3,(H,19,20). The van der Waals surface area contributed by atoms with Crippen molar-refractivity contribution in [1.82, 2.24) is 4.31 Å². The summed E-state index contributed by atoms with van der Waals surface area (Å²) >= 11 is 5.75. The fourth-order valence-corrected chi connectivity index (χ4v) is 4.49. The van der Waals surface area contributed by atoms with Gasteiger partial charge in [-0.25, -0.2) is 8.42 Å². The van der Waals surface area contributed by atoms with E-state index < -0.39 is 47.1 Å². The van der Waals surface area contributed by atoms with E-state index in [2.05, 4.69) is 0 Å². The molecule has 1 aromatic rings. The Labute approximate surface area is 135 Å². The van der Waals surface area contributed by atoms with Crippen molar-refractivity contribution in [2.75, 3.05) is 13.1 Å². The molecule has 1 fully saturated rings. The van der Waals surface area contributed by atoms with Crippen LogP contribution in [0, 0.1) is 12.3 Å². The molecule has 0 spiro atoms. The van der Waals surface area contributed by atoms with Gasteiger partial charge in [-0.05, 0) is 31.0 Å². The number of carboxylic acids is 1. The van der Waals surface area contributed by atoms with Crippen molar-refractivity contribution in [2.24, 2.45) is 5.41 Å². The molecule has 0 radical (unpaired) electrons. The van der Waals surface area contributed by atoms with Gasteiger partial charge in [0.05, 0.1) is 4.90 Å². The Kier molecular flexibility index (Phi) is 4.42. The molecule has 1 N–H and O–H groups in total. The van der Waals surface area contributed by atoms with Crippen molar-refractivity contribution in [1.29, 1.82) is 0 Å². The van der Waals surface area contributed by atoms with E-state index in [0.29, 0.717) is 9.87 Å². The van der Waals surface area contributed by atoms with Gasteiger partial charge in [-0.15, -0.1) is 0 Å². The maximum absolute atomic E-state index is 13.2. The van der Waals surface area contributed by atoms with E-state index in [0.717, 1.165) is 6.07 Å². The lowest BCUT2D eigenvalue weighted by molar-refractivity contribution is -0.226. The average Bonchev–Trinajstić information content (AvgIpc) is 2.88. The zero-order chi connectivity index (χ0) is 17.6. The van der Waals surface area contributed by atoms with Crippen LogP contribution in [-0.2, 0) is 14.8 Å². The molecule has 1 aromatic carbocycles. The molecule has 5 nitrogen and oxygen atoms in total. The van der Waals surface area contributed by atoms with Gasteiger partial charge in [-0.1, -0.05) is 17.7 Å². The minimum atomic E-state index is -5.05. The first kappa shape index (κ1) is 18.0. The summed E-state index contributed by atoms with van der Waals surface area (Å²) in [6.45, 7) is -0.201. The number of benzene rings is 1. The smallest absolute Gasteiger partial charge is 0.406 e. The second kappa shape index (κ2) is 5.64. The van der Waals surface area contributed by atoms with Crippen molar-refractivity contribution in [3.63, 3.8) is 0 Å². The highest BCUT2D eigenvalue weighted by Crippen LogP contribution is 2.47. The first-order valence-corrected chi connectivity index (χ1v) is 8.30. The second-order valence-electron chi connectivity index (χ2n) is 5.38. The number of carboxylic acid groups (broad SMARTS) is 1. The Morgan fingerprint density at radius 1 is 1.39 bits per heavy atom. The zero-order valence-corrected chi connectivity index (χ0v) is 13.5. The van der Waals surface area contributed by atoms with Crippen LogP contribution in [0.2, 0.25) is 5.02 Å². The van der Waals surface area contributed by atoms with Crippen LogP contribution in [0.25, 0.3) is 0 Å². The number of hydrogen-bond acceptors (Lipinski definition) is 3. The van der Waals surface area contributed by atoms with Gasteiger partial charge in [0.1, 0.15) is 0 Å². The summed E-state index contributed by atoms with van der Waals surface area (Å²) in [5.74, 6) is -2.08. The zero-order valence-electron chi connectivity index (χ0n) is 11.9. The maximum atomic E-state index is 13.2. The molecule has 1 saturated heterocycles. The third-order valence-electron chi connectivity index (χ3n) is 3.95. The first-order chi connectivity index (χ1) is 10.4. The topological polar surface area (TPSA) is 74.7 Å². The number of sulfonamides is 1. The quantitative estimate of drug-likeness (QED) is 0.886. The number of alkyl halides is 3. The molecule has 1 aliphatic rings. The fraction of sp³-hybridized carbons (Fsp3) is 0.462. The third-order valence-corrected chi connectivity index (χ3v) is 6.18. The molecular formula is C13H13ClF3NO4S. The summed E-state index contributed by atoms with van der Waals surface area (Å²) < 4.78 is 65.1. The Bertz CT molecular complexity index is 750. The molecule has 1 heterocycles. The number of rotatable bonds is 3. The highest BCUT2D eigenvalue weighted by Gasteiger charge is 2.65. The number of aryl methyl sites for hydroxylation is 1. The van der Waals surface area contributed by atoms with Crippen molar-refractivity contribution in [2.45, 2.75) is 24.4 Å². The van der Waals surface area contributed by atoms with Gasteiger partial charge in [0.25, 0.3) is 0 Å². The van der Waals surface area contributed by atoms with Gasteiger partial charge in [0.2, 0.25) is 10.0 Å². The van der Waals surface area contributed by atoms with Gasteiger partial charge in [-0.3, -0.25) is 4.79 Å². The van der Waals surface area contributed by atoms with Crippen LogP contribution in [0.1, 0.15) is 12.0 Å². The summed E-state index contributed by atoms with van der Waals surface area (Å²) in [5, 5.41) is 9.11. The molecule has 0 bridgehead atoms. The van der Waals surface area contributed by atoms with Crippen molar-refractivity contribution < 1.29 is 31.5 Å². The first-order valence-electron chi connectivity index (χ1n) is 6.48. The lowest BCUT2D eigenvalue weighted by atomic mass is 9.86. The average molecular weight is 372 g/mol.